The molecule has 0 aliphatic rings. The fraction of sp³-hybridized carbons (Fsp3) is 0.312. The Morgan fingerprint density at radius 2 is 1.83 bits per heavy atom. The number of carbonyl (C=O) groups excluding carboxylic acids is 3. The third-order valence-electron chi connectivity index (χ3n) is 3.41. The molecule has 2 aromatic rings. The molecule has 0 saturated heterocycles. The lowest BCUT2D eigenvalue weighted by Gasteiger charge is -2.17. The van der Waals surface area contributed by atoms with Gasteiger partial charge in [0.05, 0.1) is 10.9 Å². The molecule has 0 bridgehead atoms. The number of amides is 1. The van der Waals surface area contributed by atoms with Crippen molar-refractivity contribution in [1.82, 2.24) is 9.88 Å². The zero-order valence-corrected chi connectivity index (χ0v) is 13.3. The summed E-state index contributed by atoms with van der Waals surface area (Å²) in [5.74, 6) is -1.40. The SMILES string of the molecule is CCN(CC)C(=O)C(=O)c1c[nH]c2cccc(OC(C)=O)c12.O. The van der Waals surface area contributed by atoms with Gasteiger partial charge >= 0.3 is 5.97 Å². The van der Waals surface area contributed by atoms with Crippen LogP contribution in [0, 0.1) is 0 Å². The van der Waals surface area contributed by atoms with Crippen molar-refractivity contribution in [1.29, 1.82) is 0 Å². The fourth-order valence-corrected chi connectivity index (χ4v) is 2.34. The van der Waals surface area contributed by atoms with Gasteiger partial charge in [0.15, 0.2) is 0 Å². The molecule has 1 aromatic carbocycles. The van der Waals surface area contributed by atoms with Crippen LogP contribution in [0.3, 0.4) is 0 Å². The van der Waals surface area contributed by atoms with E-state index in [2.05, 4.69) is 4.98 Å². The zero-order valence-electron chi connectivity index (χ0n) is 13.3. The van der Waals surface area contributed by atoms with Gasteiger partial charge in [-0.15, -0.1) is 0 Å². The number of nitrogens with zero attached hydrogens (tertiary/aromatic N) is 1. The molecule has 0 aliphatic carbocycles. The number of ketones is 1. The molecule has 124 valence electrons. The van der Waals surface area contributed by atoms with E-state index in [1.54, 1.807) is 18.2 Å². The summed E-state index contributed by atoms with van der Waals surface area (Å²) >= 11 is 0. The third-order valence-corrected chi connectivity index (χ3v) is 3.41. The van der Waals surface area contributed by atoms with Crippen LogP contribution in [-0.4, -0.2) is 46.1 Å². The number of ether oxygens (including phenoxy) is 1. The van der Waals surface area contributed by atoms with Crippen molar-refractivity contribution >= 4 is 28.6 Å². The van der Waals surface area contributed by atoms with Gasteiger partial charge in [-0.05, 0) is 26.0 Å². The first-order valence-corrected chi connectivity index (χ1v) is 7.11. The average Bonchev–Trinajstić information content (AvgIpc) is 2.92. The van der Waals surface area contributed by atoms with Crippen molar-refractivity contribution in [3.63, 3.8) is 0 Å². The standard InChI is InChI=1S/C16H18N2O4.H2O/c1-4-18(5-2)16(21)15(20)11-9-17-12-7-6-8-13(14(11)12)22-10(3)19;/h6-9,17H,4-5H2,1-3H3;1H2. The minimum Gasteiger partial charge on any atom is -0.426 e. The van der Waals surface area contributed by atoms with Crippen molar-refractivity contribution in [3.05, 3.63) is 30.0 Å². The van der Waals surface area contributed by atoms with Gasteiger partial charge in [0.2, 0.25) is 0 Å². The first-order valence-electron chi connectivity index (χ1n) is 7.11. The van der Waals surface area contributed by atoms with Crippen LogP contribution < -0.4 is 4.74 Å². The summed E-state index contributed by atoms with van der Waals surface area (Å²) in [6.07, 6.45) is 1.47. The minimum atomic E-state index is -0.616. The number of nitrogens with one attached hydrogen (secondary N) is 1. The van der Waals surface area contributed by atoms with Crippen LogP contribution in [0.1, 0.15) is 31.1 Å². The Morgan fingerprint density at radius 3 is 2.39 bits per heavy atom. The molecule has 1 heterocycles. The Bertz CT molecular complexity index is 731. The maximum Gasteiger partial charge on any atom is 0.308 e. The topological polar surface area (TPSA) is 111 Å². The van der Waals surface area contributed by atoms with Gasteiger partial charge in [-0.2, -0.15) is 0 Å². The summed E-state index contributed by atoms with van der Waals surface area (Å²) in [5.41, 5.74) is 0.846. The van der Waals surface area contributed by atoms with Crippen molar-refractivity contribution < 1.29 is 24.6 Å². The second-order valence-corrected chi connectivity index (χ2v) is 4.78. The number of Topliss-reactive ketones (excluding diaryl/α,β-unsaturated/α-hetero) is 1. The Morgan fingerprint density at radius 1 is 1.17 bits per heavy atom. The normalized spacial score (nSPS) is 10.0. The number of hydrogen-bond acceptors (Lipinski definition) is 4. The van der Waals surface area contributed by atoms with Gasteiger partial charge in [0, 0.05) is 31.7 Å². The van der Waals surface area contributed by atoms with Crippen molar-refractivity contribution in [2.24, 2.45) is 0 Å². The zero-order chi connectivity index (χ0) is 16.3. The number of carbonyl (C=O) groups is 3. The Labute approximate surface area is 133 Å². The van der Waals surface area contributed by atoms with E-state index in [0.29, 0.717) is 24.0 Å². The third kappa shape index (κ3) is 3.57. The van der Waals surface area contributed by atoms with E-state index in [-0.39, 0.29) is 16.8 Å². The summed E-state index contributed by atoms with van der Waals surface area (Å²) in [6.45, 7) is 5.83. The predicted octanol–water partition coefficient (Wildman–Crippen LogP) is 1.32. The molecular weight excluding hydrogens is 300 g/mol. The lowest BCUT2D eigenvalue weighted by molar-refractivity contribution is -0.131. The summed E-state index contributed by atoms with van der Waals surface area (Å²) in [4.78, 5) is 40.3. The smallest absolute Gasteiger partial charge is 0.308 e. The second-order valence-electron chi connectivity index (χ2n) is 4.78. The van der Waals surface area contributed by atoms with E-state index >= 15 is 0 Å². The summed E-state index contributed by atoms with van der Waals surface area (Å²) in [6, 6.07) is 5.05. The summed E-state index contributed by atoms with van der Waals surface area (Å²) in [5, 5.41) is 0.447. The van der Waals surface area contributed by atoms with Crippen LogP contribution in [0.5, 0.6) is 5.75 Å². The Hall–Kier alpha value is -2.67. The van der Waals surface area contributed by atoms with Crippen LogP contribution in [-0.2, 0) is 9.59 Å². The highest BCUT2D eigenvalue weighted by Gasteiger charge is 2.25. The van der Waals surface area contributed by atoms with Gasteiger partial charge in [-0.1, -0.05) is 6.07 Å². The minimum absolute atomic E-state index is 0. The second kappa shape index (κ2) is 7.55. The first kappa shape index (κ1) is 18.4. The van der Waals surface area contributed by atoms with Gasteiger partial charge in [0.25, 0.3) is 11.7 Å². The van der Waals surface area contributed by atoms with Crippen LogP contribution >= 0.6 is 0 Å². The van der Waals surface area contributed by atoms with E-state index in [9.17, 15) is 14.4 Å². The lowest BCUT2D eigenvalue weighted by atomic mass is 10.1. The molecule has 0 atom stereocenters. The molecule has 1 amide bonds. The van der Waals surface area contributed by atoms with Gasteiger partial charge in [-0.25, -0.2) is 0 Å². The van der Waals surface area contributed by atoms with Crippen LogP contribution in [0.15, 0.2) is 24.4 Å². The Balaban J connectivity index is 0.00000264. The molecule has 0 saturated carbocycles. The number of aromatic nitrogens is 1. The maximum absolute atomic E-state index is 12.5. The summed E-state index contributed by atoms with van der Waals surface area (Å²) in [7, 11) is 0. The van der Waals surface area contributed by atoms with E-state index in [0.717, 1.165) is 0 Å². The molecule has 0 aliphatic heterocycles. The molecule has 0 radical (unpaired) electrons. The highest BCUT2D eigenvalue weighted by Crippen LogP contribution is 2.29. The molecule has 0 spiro atoms. The molecular formula is C16H20N2O5. The summed E-state index contributed by atoms with van der Waals surface area (Å²) < 4.78 is 5.13. The van der Waals surface area contributed by atoms with Gasteiger partial charge in [0.1, 0.15) is 5.75 Å². The highest BCUT2D eigenvalue weighted by molar-refractivity contribution is 6.45. The van der Waals surface area contributed by atoms with Gasteiger partial charge < -0.3 is 20.1 Å². The Kier molecular flexibility index (Phi) is 6.03. The number of esters is 1. The van der Waals surface area contributed by atoms with Crippen LogP contribution in [0.25, 0.3) is 10.9 Å². The number of rotatable bonds is 5. The van der Waals surface area contributed by atoms with Crippen LogP contribution in [0.2, 0.25) is 0 Å². The number of hydrogen-bond donors (Lipinski definition) is 1. The largest absolute Gasteiger partial charge is 0.426 e. The number of aromatic amines is 1. The van der Waals surface area contributed by atoms with E-state index < -0.39 is 17.7 Å². The number of likely N-dealkylation sites (N-methyl/N-ethyl adjacent to an activating group) is 1. The number of benzene rings is 1. The van der Waals surface area contributed by atoms with Crippen molar-refractivity contribution in [3.8, 4) is 5.75 Å². The molecule has 2 rings (SSSR count). The predicted molar refractivity (Wildman–Crippen MR) is 85.5 cm³/mol. The number of fused-ring (bicyclic) bond motifs is 1. The molecule has 0 unspecified atom stereocenters. The van der Waals surface area contributed by atoms with E-state index in [4.69, 9.17) is 4.74 Å². The van der Waals surface area contributed by atoms with E-state index in [1.165, 1.54) is 18.0 Å². The highest BCUT2D eigenvalue weighted by atomic mass is 16.5. The van der Waals surface area contributed by atoms with Crippen LogP contribution in [0.4, 0.5) is 0 Å². The average molecular weight is 320 g/mol. The van der Waals surface area contributed by atoms with Crippen molar-refractivity contribution in [2.45, 2.75) is 20.8 Å². The molecule has 3 N–H and O–H groups in total. The van der Waals surface area contributed by atoms with Crippen molar-refractivity contribution in [2.75, 3.05) is 13.1 Å². The van der Waals surface area contributed by atoms with Gasteiger partial charge in [-0.3, -0.25) is 14.4 Å². The fourth-order valence-electron chi connectivity index (χ4n) is 2.34. The molecule has 1 aromatic heterocycles. The molecule has 7 heteroatoms. The van der Waals surface area contributed by atoms with E-state index in [1.807, 2.05) is 13.8 Å². The monoisotopic (exact) mass is 320 g/mol. The maximum atomic E-state index is 12.5. The lowest BCUT2D eigenvalue weighted by Crippen LogP contribution is -2.36. The number of H-pyrrole nitrogens is 1. The molecule has 7 nitrogen and oxygen atoms in total. The quantitative estimate of drug-likeness (QED) is 0.387. The molecule has 0 fully saturated rings. The first-order chi connectivity index (χ1) is 10.5. The molecule has 23 heavy (non-hydrogen) atoms.